The number of benzene rings is 1. The van der Waals surface area contributed by atoms with Gasteiger partial charge in [0, 0.05) is 18.4 Å². The molecule has 0 aliphatic rings. The maximum absolute atomic E-state index is 11.9. The minimum Gasteiger partial charge on any atom is -0.370 e. The number of nitrogens with two attached hydrogens (primary N) is 1. The van der Waals surface area contributed by atoms with E-state index in [2.05, 4.69) is 15.5 Å². The molecule has 2 amide bonds. The van der Waals surface area contributed by atoms with E-state index in [1.165, 1.54) is 0 Å². The first-order valence-electron chi connectivity index (χ1n) is 6.18. The molecule has 1 aromatic carbocycles. The molecule has 0 bridgehead atoms. The maximum atomic E-state index is 11.9. The maximum Gasteiger partial charge on any atom is 0.272 e. The van der Waals surface area contributed by atoms with E-state index in [9.17, 15) is 9.59 Å². The molecule has 6 nitrogen and oxygen atoms in total. The van der Waals surface area contributed by atoms with Gasteiger partial charge in [0.15, 0.2) is 5.69 Å². The Hall–Kier alpha value is -2.37. The number of primary amides is 1. The first-order chi connectivity index (χ1) is 9.18. The van der Waals surface area contributed by atoms with Crippen LogP contribution in [-0.2, 0) is 4.79 Å². The van der Waals surface area contributed by atoms with Crippen molar-refractivity contribution >= 4 is 22.7 Å². The Bertz CT molecular complexity index is 591. The standard InChI is InChI=1S/C13H16N4O2/c14-11(18)7-3-4-8-15-13(19)12-9-5-1-2-6-10(9)16-17-12/h1-2,5-6H,3-4,7-8H2,(H2,14,18)(H,15,19)(H,16,17). The Balaban J connectivity index is 1.88. The Morgan fingerprint density at radius 3 is 2.84 bits per heavy atom. The Morgan fingerprint density at radius 1 is 1.26 bits per heavy atom. The van der Waals surface area contributed by atoms with Gasteiger partial charge in [0.1, 0.15) is 0 Å². The molecule has 0 unspecified atom stereocenters. The number of aromatic nitrogens is 2. The summed E-state index contributed by atoms with van der Waals surface area (Å²) < 4.78 is 0. The fourth-order valence-corrected chi connectivity index (χ4v) is 1.85. The van der Waals surface area contributed by atoms with Crippen molar-refractivity contribution in [3.8, 4) is 0 Å². The highest BCUT2D eigenvalue weighted by Gasteiger charge is 2.12. The number of para-hydroxylation sites is 1. The second kappa shape index (κ2) is 5.99. The average molecular weight is 260 g/mol. The zero-order chi connectivity index (χ0) is 13.7. The molecule has 6 heteroatoms. The lowest BCUT2D eigenvalue weighted by Gasteiger charge is -2.02. The predicted octanol–water partition coefficient (Wildman–Crippen LogP) is 0.948. The van der Waals surface area contributed by atoms with Gasteiger partial charge in [-0.2, -0.15) is 5.10 Å². The normalized spacial score (nSPS) is 10.5. The number of H-pyrrole nitrogens is 1. The molecule has 0 radical (unpaired) electrons. The lowest BCUT2D eigenvalue weighted by Crippen LogP contribution is -2.25. The van der Waals surface area contributed by atoms with Gasteiger partial charge in [-0.25, -0.2) is 0 Å². The van der Waals surface area contributed by atoms with Crippen LogP contribution in [0.3, 0.4) is 0 Å². The average Bonchev–Trinajstić information content (AvgIpc) is 2.81. The number of rotatable bonds is 6. The molecule has 2 aromatic rings. The quantitative estimate of drug-likeness (QED) is 0.674. The number of carbonyl (C=O) groups excluding carboxylic acids is 2. The Labute approximate surface area is 110 Å². The van der Waals surface area contributed by atoms with Crippen molar-refractivity contribution in [1.82, 2.24) is 15.5 Å². The van der Waals surface area contributed by atoms with E-state index in [-0.39, 0.29) is 11.8 Å². The molecular formula is C13H16N4O2. The van der Waals surface area contributed by atoms with E-state index >= 15 is 0 Å². The highest BCUT2D eigenvalue weighted by Crippen LogP contribution is 2.14. The van der Waals surface area contributed by atoms with E-state index in [0.29, 0.717) is 25.1 Å². The van der Waals surface area contributed by atoms with Crippen molar-refractivity contribution in [3.63, 3.8) is 0 Å². The molecule has 0 spiro atoms. The molecule has 1 heterocycles. The van der Waals surface area contributed by atoms with E-state index in [0.717, 1.165) is 17.3 Å². The van der Waals surface area contributed by atoms with Crippen LogP contribution in [0.5, 0.6) is 0 Å². The van der Waals surface area contributed by atoms with Gasteiger partial charge in [0.05, 0.1) is 5.52 Å². The smallest absolute Gasteiger partial charge is 0.272 e. The van der Waals surface area contributed by atoms with Crippen LogP contribution in [0.15, 0.2) is 24.3 Å². The molecule has 4 N–H and O–H groups in total. The second-order valence-electron chi connectivity index (χ2n) is 4.30. The fourth-order valence-electron chi connectivity index (χ4n) is 1.85. The van der Waals surface area contributed by atoms with Gasteiger partial charge in [-0.3, -0.25) is 14.7 Å². The minimum atomic E-state index is -0.315. The molecule has 0 aliphatic heterocycles. The molecule has 0 fully saturated rings. The predicted molar refractivity (Wildman–Crippen MR) is 71.5 cm³/mol. The number of amides is 2. The van der Waals surface area contributed by atoms with Crippen molar-refractivity contribution in [1.29, 1.82) is 0 Å². The molecule has 100 valence electrons. The number of nitrogens with one attached hydrogen (secondary N) is 2. The Morgan fingerprint density at radius 2 is 2.05 bits per heavy atom. The molecule has 0 aliphatic carbocycles. The monoisotopic (exact) mass is 260 g/mol. The Kier molecular flexibility index (Phi) is 4.12. The molecule has 0 saturated heterocycles. The van der Waals surface area contributed by atoms with Crippen molar-refractivity contribution in [2.75, 3.05) is 6.54 Å². The van der Waals surface area contributed by atoms with E-state index in [1.807, 2.05) is 24.3 Å². The third-order valence-corrected chi connectivity index (χ3v) is 2.82. The van der Waals surface area contributed by atoms with Gasteiger partial charge in [0.25, 0.3) is 5.91 Å². The number of hydrogen-bond donors (Lipinski definition) is 3. The highest BCUT2D eigenvalue weighted by molar-refractivity contribution is 6.04. The van der Waals surface area contributed by atoms with Gasteiger partial charge >= 0.3 is 0 Å². The van der Waals surface area contributed by atoms with E-state index < -0.39 is 0 Å². The summed E-state index contributed by atoms with van der Waals surface area (Å²) in [7, 11) is 0. The first-order valence-corrected chi connectivity index (χ1v) is 6.18. The summed E-state index contributed by atoms with van der Waals surface area (Å²) in [5.74, 6) is -0.527. The molecule has 19 heavy (non-hydrogen) atoms. The highest BCUT2D eigenvalue weighted by atomic mass is 16.2. The van der Waals surface area contributed by atoms with Crippen molar-refractivity contribution in [2.45, 2.75) is 19.3 Å². The van der Waals surface area contributed by atoms with Crippen LogP contribution < -0.4 is 11.1 Å². The van der Waals surface area contributed by atoms with Crippen molar-refractivity contribution < 1.29 is 9.59 Å². The van der Waals surface area contributed by atoms with Gasteiger partial charge in [-0.1, -0.05) is 18.2 Å². The molecule has 0 atom stereocenters. The number of aromatic amines is 1. The lowest BCUT2D eigenvalue weighted by molar-refractivity contribution is -0.118. The zero-order valence-corrected chi connectivity index (χ0v) is 10.5. The van der Waals surface area contributed by atoms with Crippen LogP contribution >= 0.6 is 0 Å². The number of unbranched alkanes of at least 4 members (excludes halogenated alkanes) is 1. The summed E-state index contributed by atoms with van der Waals surface area (Å²) in [6.07, 6.45) is 1.75. The fraction of sp³-hybridized carbons (Fsp3) is 0.308. The van der Waals surface area contributed by atoms with Gasteiger partial charge in [-0.05, 0) is 18.9 Å². The molecule has 0 saturated carbocycles. The third kappa shape index (κ3) is 3.31. The first kappa shape index (κ1) is 13.1. The van der Waals surface area contributed by atoms with E-state index in [4.69, 9.17) is 5.73 Å². The van der Waals surface area contributed by atoms with Crippen LogP contribution in [0.25, 0.3) is 10.9 Å². The molecular weight excluding hydrogens is 244 g/mol. The van der Waals surface area contributed by atoms with Crippen LogP contribution in [0.1, 0.15) is 29.8 Å². The topological polar surface area (TPSA) is 101 Å². The van der Waals surface area contributed by atoms with Crippen LogP contribution in [-0.4, -0.2) is 28.6 Å². The van der Waals surface area contributed by atoms with Crippen LogP contribution in [0.2, 0.25) is 0 Å². The summed E-state index contributed by atoms with van der Waals surface area (Å²) in [5.41, 5.74) is 6.26. The summed E-state index contributed by atoms with van der Waals surface area (Å²) in [6.45, 7) is 0.507. The molecule has 1 aromatic heterocycles. The largest absolute Gasteiger partial charge is 0.370 e. The van der Waals surface area contributed by atoms with Crippen molar-refractivity contribution in [3.05, 3.63) is 30.0 Å². The SMILES string of the molecule is NC(=O)CCCCNC(=O)c1n[nH]c2ccccc12. The third-order valence-electron chi connectivity index (χ3n) is 2.82. The number of carbonyl (C=O) groups is 2. The van der Waals surface area contributed by atoms with Gasteiger partial charge in [0.2, 0.25) is 5.91 Å². The van der Waals surface area contributed by atoms with Crippen molar-refractivity contribution in [2.24, 2.45) is 5.73 Å². The lowest BCUT2D eigenvalue weighted by atomic mass is 10.2. The minimum absolute atomic E-state index is 0.212. The zero-order valence-electron chi connectivity index (χ0n) is 10.5. The molecule has 2 rings (SSSR count). The summed E-state index contributed by atoms with van der Waals surface area (Å²) >= 11 is 0. The summed E-state index contributed by atoms with van der Waals surface area (Å²) in [4.78, 5) is 22.5. The number of nitrogens with zero attached hydrogens (tertiary/aromatic N) is 1. The van der Waals surface area contributed by atoms with Gasteiger partial charge in [-0.15, -0.1) is 0 Å². The van der Waals surface area contributed by atoms with E-state index in [1.54, 1.807) is 0 Å². The van der Waals surface area contributed by atoms with Crippen LogP contribution in [0, 0.1) is 0 Å². The van der Waals surface area contributed by atoms with Crippen LogP contribution in [0.4, 0.5) is 0 Å². The number of fused-ring (bicyclic) bond motifs is 1. The summed E-state index contributed by atoms with van der Waals surface area (Å²) in [5, 5.41) is 10.4. The number of hydrogen-bond acceptors (Lipinski definition) is 3. The summed E-state index contributed by atoms with van der Waals surface area (Å²) in [6, 6.07) is 7.46. The second-order valence-corrected chi connectivity index (χ2v) is 4.30. The van der Waals surface area contributed by atoms with Gasteiger partial charge < -0.3 is 11.1 Å².